The molecule has 0 aromatic heterocycles. The molecule has 2 unspecified atom stereocenters. The van der Waals surface area contributed by atoms with Crippen molar-refractivity contribution < 1.29 is 19.4 Å². The zero-order valence-corrected chi connectivity index (χ0v) is 7.71. The molecule has 0 spiro atoms. The molecule has 1 aliphatic heterocycles. The molecule has 0 bridgehead atoms. The summed E-state index contributed by atoms with van der Waals surface area (Å²) in [6.07, 6.45) is -1.45. The van der Waals surface area contributed by atoms with Crippen molar-refractivity contribution in [2.45, 2.75) is 12.1 Å². The molecule has 2 atom stereocenters. The lowest BCUT2D eigenvalue weighted by molar-refractivity contribution is -0.140. The number of aliphatic carboxylic acids is 1. The van der Waals surface area contributed by atoms with Crippen LogP contribution in [-0.4, -0.2) is 23.2 Å². The Hall–Kier alpha value is -2.04. The standard InChI is InChI=1S/C10H9NO4/c12-9(13)7-8(15-10(14)11-7)6-4-2-1-3-5-6/h1-5,7-8H,(H,11,14)(H,12,13). The summed E-state index contributed by atoms with van der Waals surface area (Å²) < 4.78 is 4.89. The third-order valence-electron chi connectivity index (χ3n) is 2.20. The van der Waals surface area contributed by atoms with E-state index >= 15 is 0 Å². The number of carboxylic acid groups (broad SMARTS) is 1. The van der Waals surface area contributed by atoms with Gasteiger partial charge in [0.05, 0.1) is 0 Å². The van der Waals surface area contributed by atoms with E-state index in [-0.39, 0.29) is 0 Å². The Kier molecular flexibility index (Phi) is 2.29. The number of carboxylic acids is 1. The van der Waals surface area contributed by atoms with Crippen molar-refractivity contribution >= 4 is 12.1 Å². The minimum absolute atomic E-state index is 0.670. The summed E-state index contributed by atoms with van der Waals surface area (Å²) in [5.74, 6) is -1.10. The highest BCUT2D eigenvalue weighted by Crippen LogP contribution is 2.25. The fourth-order valence-corrected chi connectivity index (χ4v) is 1.51. The molecule has 0 radical (unpaired) electrons. The summed E-state index contributed by atoms with van der Waals surface area (Å²) in [4.78, 5) is 21.8. The van der Waals surface area contributed by atoms with Gasteiger partial charge in [-0.05, 0) is 5.56 Å². The molecule has 2 rings (SSSR count). The average Bonchev–Trinajstić information content (AvgIpc) is 2.62. The Morgan fingerprint density at radius 2 is 2.00 bits per heavy atom. The first-order chi connectivity index (χ1) is 7.18. The minimum Gasteiger partial charge on any atom is -0.480 e. The van der Waals surface area contributed by atoms with E-state index in [0.29, 0.717) is 5.56 Å². The number of benzene rings is 1. The first-order valence-corrected chi connectivity index (χ1v) is 4.43. The van der Waals surface area contributed by atoms with Crippen molar-refractivity contribution in [3.8, 4) is 0 Å². The van der Waals surface area contributed by atoms with E-state index in [9.17, 15) is 9.59 Å². The Labute approximate surface area is 85.7 Å². The quantitative estimate of drug-likeness (QED) is 0.756. The Morgan fingerprint density at radius 1 is 1.33 bits per heavy atom. The largest absolute Gasteiger partial charge is 0.480 e. The maximum atomic E-state index is 10.9. The van der Waals surface area contributed by atoms with E-state index in [1.165, 1.54) is 0 Å². The van der Waals surface area contributed by atoms with Crippen LogP contribution in [0.25, 0.3) is 0 Å². The van der Waals surface area contributed by atoms with Gasteiger partial charge in [0.2, 0.25) is 0 Å². The van der Waals surface area contributed by atoms with E-state index in [2.05, 4.69) is 5.32 Å². The van der Waals surface area contributed by atoms with Gasteiger partial charge in [-0.25, -0.2) is 9.59 Å². The molecule has 1 aromatic rings. The lowest BCUT2D eigenvalue weighted by Gasteiger charge is -2.12. The minimum atomic E-state index is -1.10. The summed E-state index contributed by atoms with van der Waals surface area (Å²) in [6.45, 7) is 0. The van der Waals surface area contributed by atoms with Gasteiger partial charge in [0.25, 0.3) is 0 Å². The third-order valence-corrected chi connectivity index (χ3v) is 2.20. The topological polar surface area (TPSA) is 75.6 Å². The number of alkyl carbamates (subject to hydrolysis) is 1. The van der Waals surface area contributed by atoms with Crippen LogP contribution in [0.3, 0.4) is 0 Å². The number of amides is 1. The van der Waals surface area contributed by atoms with Crippen LogP contribution in [0, 0.1) is 0 Å². The summed E-state index contributed by atoms with van der Waals surface area (Å²) in [5, 5.41) is 11.1. The fourth-order valence-electron chi connectivity index (χ4n) is 1.51. The summed E-state index contributed by atoms with van der Waals surface area (Å²) in [6, 6.07) is 7.77. The fraction of sp³-hybridized carbons (Fsp3) is 0.200. The zero-order valence-electron chi connectivity index (χ0n) is 7.71. The molecule has 5 nitrogen and oxygen atoms in total. The van der Waals surface area contributed by atoms with Crippen LogP contribution in [0.1, 0.15) is 11.7 Å². The van der Waals surface area contributed by atoms with E-state index in [0.717, 1.165) is 0 Å². The second kappa shape index (κ2) is 3.61. The Morgan fingerprint density at radius 3 is 2.60 bits per heavy atom. The molecule has 1 fully saturated rings. The highest BCUT2D eigenvalue weighted by atomic mass is 16.6. The molecule has 1 aromatic carbocycles. The highest BCUT2D eigenvalue weighted by molar-refractivity contribution is 5.84. The first kappa shape index (κ1) is 9.51. The molecule has 1 amide bonds. The van der Waals surface area contributed by atoms with Crippen molar-refractivity contribution in [2.75, 3.05) is 0 Å². The predicted octanol–water partition coefficient (Wildman–Crippen LogP) is 0.921. The smallest absolute Gasteiger partial charge is 0.408 e. The summed E-state index contributed by atoms with van der Waals surface area (Å²) in [5.41, 5.74) is 0.670. The van der Waals surface area contributed by atoms with E-state index in [4.69, 9.17) is 9.84 Å². The van der Waals surface area contributed by atoms with Crippen molar-refractivity contribution in [1.82, 2.24) is 5.32 Å². The summed E-state index contributed by atoms with van der Waals surface area (Å²) >= 11 is 0. The van der Waals surface area contributed by atoms with Crippen LogP contribution < -0.4 is 5.32 Å². The predicted molar refractivity (Wildman–Crippen MR) is 50.2 cm³/mol. The van der Waals surface area contributed by atoms with E-state index in [1.54, 1.807) is 24.3 Å². The van der Waals surface area contributed by atoms with Gasteiger partial charge < -0.3 is 15.2 Å². The lowest BCUT2D eigenvalue weighted by atomic mass is 10.0. The van der Waals surface area contributed by atoms with E-state index in [1.807, 2.05) is 6.07 Å². The molecule has 15 heavy (non-hydrogen) atoms. The van der Waals surface area contributed by atoms with Crippen LogP contribution in [0.15, 0.2) is 30.3 Å². The molecule has 78 valence electrons. The number of hydrogen-bond donors (Lipinski definition) is 2. The van der Waals surface area contributed by atoms with Crippen molar-refractivity contribution in [3.63, 3.8) is 0 Å². The molecule has 1 aliphatic rings. The van der Waals surface area contributed by atoms with Gasteiger partial charge in [0.15, 0.2) is 12.1 Å². The maximum Gasteiger partial charge on any atom is 0.408 e. The molecule has 1 heterocycles. The SMILES string of the molecule is O=C1NC(C(=O)O)C(c2ccccc2)O1. The molecule has 2 N–H and O–H groups in total. The number of hydrogen-bond acceptors (Lipinski definition) is 3. The second-order valence-electron chi connectivity index (χ2n) is 3.20. The lowest BCUT2D eigenvalue weighted by Crippen LogP contribution is -2.35. The number of carbonyl (C=O) groups excluding carboxylic acids is 1. The van der Waals surface area contributed by atoms with Gasteiger partial charge in [0.1, 0.15) is 0 Å². The van der Waals surface area contributed by atoms with Crippen LogP contribution in [0.5, 0.6) is 0 Å². The van der Waals surface area contributed by atoms with Crippen LogP contribution in [0.2, 0.25) is 0 Å². The number of nitrogens with one attached hydrogen (secondary N) is 1. The van der Waals surface area contributed by atoms with Gasteiger partial charge in [-0.1, -0.05) is 30.3 Å². The monoisotopic (exact) mass is 207 g/mol. The van der Waals surface area contributed by atoms with Gasteiger partial charge in [0, 0.05) is 0 Å². The second-order valence-corrected chi connectivity index (χ2v) is 3.20. The highest BCUT2D eigenvalue weighted by Gasteiger charge is 2.40. The van der Waals surface area contributed by atoms with Gasteiger partial charge >= 0.3 is 12.1 Å². The van der Waals surface area contributed by atoms with Gasteiger partial charge in [-0.3, -0.25) is 0 Å². The molecule has 1 saturated heterocycles. The normalized spacial score (nSPS) is 24.4. The number of carbonyl (C=O) groups is 2. The molecule has 0 aliphatic carbocycles. The average molecular weight is 207 g/mol. The van der Waals surface area contributed by atoms with Crippen LogP contribution in [0.4, 0.5) is 4.79 Å². The first-order valence-electron chi connectivity index (χ1n) is 4.43. The number of cyclic esters (lactones) is 1. The van der Waals surface area contributed by atoms with Crippen LogP contribution in [-0.2, 0) is 9.53 Å². The molecule has 5 heteroatoms. The van der Waals surface area contributed by atoms with Gasteiger partial charge in [-0.2, -0.15) is 0 Å². The maximum absolute atomic E-state index is 10.9. The molecular formula is C10H9NO4. The Bertz CT molecular complexity index is 390. The summed E-state index contributed by atoms with van der Waals surface area (Å²) in [7, 11) is 0. The number of ether oxygens (including phenoxy) is 1. The van der Waals surface area contributed by atoms with Crippen molar-refractivity contribution in [3.05, 3.63) is 35.9 Å². The Balaban J connectivity index is 2.28. The molecular weight excluding hydrogens is 198 g/mol. The van der Waals surface area contributed by atoms with E-state index < -0.39 is 24.2 Å². The molecule has 0 saturated carbocycles. The van der Waals surface area contributed by atoms with Crippen molar-refractivity contribution in [2.24, 2.45) is 0 Å². The van der Waals surface area contributed by atoms with Crippen molar-refractivity contribution in [1.29, 1.82) is 0 Å². The zero-order chi connectivity index (χ0) is 10.8. The van der Waals surface area contributed by atoms with Crippen LogP contribution >= 0.6 is 0 Å². The number of rotatable bonds is 2. The third kappa shape index (κ3) is 1.76. The van der Waals surface area contributed by atoms with Gasteiger partial charge in [-0.15, -0.1) is 0 Å².